The van der Waals surface area contributed by atoms with Crippen molar-refractivity contribution in [3.05, 3.63) is 53.7 Å². The third-order valence-electron chi connectivity index (χ3n) is 3.48. The molecule has 1 atom stereocenters. The second kappa shape index (κ2) is 3.75. The lowest BCUT2D eigenvalue weighted by atomic mass is 10.0. The van der Waals surface area contributed by atoms with Crippen molar-refractivity contribution in [1.82, 2.24) is 4.98 Å². The Bertz CT molecular complexity index is 502. The standard InChI is InChI=1S/C15H15N/c1-11-5-6-12-10-13(7-8-14(11)12)15-4-2-3-9-16-15/h2-4,7-11H,5-6H2,1H3/t11-/m1/s1. The van der Waals surface area contributed by atoms with Crippen LogP contribution in [0.3, 0.4) is 0 Å². The number of hydrogen-bond acceptors (Lipinski definition) is 1. The minimum absolute atomic E-state index is 0.729. The lowest BCUT2D eigenvalue weighted by Crippen LogP contribution is -1.88. The third kappa shape index (κ3) is 1.53. The number of fused-ring (bicyclic) bond motifs is 1. The maximum Gasteiger partial charge on any atom is 0.0702 e. The maximum atomic E-state index is 4.39. The molecule has 0 aliphatic heterocycles. The Labute approximate surface area is 96.2 Å². The molecule has 0 N–H and O–H groups in total. The Morgan fingerprint density at radius 1 is 1.19 bits per heavy atom. The summed E-state index contributed by atoms with van der Waals surface area (Å²) in [5.41, 5.74) is 5.36. The first-order valence-electron chi connectivity index (χ1n) is 5.89. The molecule has 1 aromatic carbocycles. The highest BCUT2D eigenvalue weighted by molar-refractivity contribution is 5.61. The van der Waals surface area contributed by atoms with E-state index in [4.69, 9.17) is 0 Å². The summed E-state index contributed by atoms with van der Waals surface area (Å²) in [4.78, 5) is 4.39. The van der Waals surface area contributed by atoms with Crippen molar-refractivity contribution in [2.45, 2.75) is 25.7 Å². The highest BCUT2D eigenvalue weighted by atomic mass is 14.7. The van der Waals surface area contributed by atoms with Gasteiger partial charge in [0.1, 0.15) is 0 Å². The lowest BCUT2D eigenvalue weighted by Gasteiger charge is -2.06. The summed E-state index contributed by atoms with van der Waals surface area (Å²) in [7, 11) is 0. The van der Waals surface area contributed by atoms with Gasteiger partial charge in [-0.25, -0.2) is 0 Å². The van der Waals surface area contributed by atoms with Crippen LogP contribution in [0.5, 0.6) is 0 Å². The van der Waals surface area contributed by atoms with Crippen molar-refractivity contribution in [3.8, 4) is 11.3 Å². The summed E-state index contributed by atoms with van der Waals surface area (Å²) in [6.07, 6.45) is 4.36. The van der Waals surface area contributed by atoms with E-state index in [1.807, 2.05) is 18.3 Å². The van der Waals surface area contributed by atoms with Crippen LogP contribution in [0, 0.1) is 0 Å². The van der Waals surface area contributed by atoms with Crippen molar-refractivity contribution >= 4 is 0 Å². The van der Waals surface area contributed by atoms with Crippen LogP contribution in [0.1, 0.15) is 30.4 Å². The molecule has 0 bridgehead atoms. The summed E-state index contributed by atoms with van der Waals surface area (Å²) in [6.45, 7) is 2.31. The highest BCUT2D eigenvalue weighted by Gasteiger charge is 2.18. The van der Waals surface area contributed by atoms with E-state index in [2.05, 4.69) is 36.2 Å². The Balaban J connectivity index is 2.06. The fourth-order valence-electron chi connectivity index (χ4n) is 2.52. The van der Waals surface area contributed by atoms with Crippen molar-refractivity contribution in [2.24, 2.45) is 0 Å². The van der Waals surface area contributed by atoms with Gasteiger partial charge in [0.05, 0.1) is 5.69 Å². The van der Waals surface area contributed by atoms with Gasteiger partial charge in [-0.15, -0.1) is 0 Å². The predicted octanol–water partition coefficient (Wildman–Crippen LogP) is 3.80. The minimum Gasteiger partial charge on any atom is -0.256 e. The van der Waals surface area contributed by atoms with Crippen LogP contribution < -0.4 is 0 Å². The van der Waals surface area contributed by atoms with Crippen LogP contribution in [0.4, 0.5) is 0 Å². The Hall–Kier alpha value is -1.63. The Morgan fingerprint density at radius 2 is 2.12 bits per heavy atom. The quantitative estimate of drug-likeness (QED) is 0.696. The topological polar surface area (TPSA) is 12.9 Å². The molecule has 3 rings (SSSR count). The van der Waals surface area contributed by atoms with Gasteiger partial charge in [0.25, 0.3) is 0 Å². The smallest absolute Gasteiger partial charge is 0.0702 e. The van der Waals surface area contributed by atoms with Gasteiger partial charge < -0.3 is 0 Å². The Morgan fingerprint density at radius 3 is 2.94 bits per heavy atom. The van der Waals surface area contributed by atoms with Crippen LogP contribution in [-0.2, 0) is 6.42 Å². The molecule has 16 heavy (non-hydrogen) atoms. The van der Waals surface area contributed by atoms with Crippen LogP contribution in [0.2, 0.25) is 0 Å². The molecule has 1 aliphatic carbocycles. The van der Waals surface area contributed by atoms with Gasteiger partial charge in [-0.2, -0.15) is 0 Å². The number of hydrogen-bond donors (Lipinski definition) is 0. The van der Waals surface area contributed by atoms with E-state index in [-0.39, 0.29) is 0 Å². The van der Waals surface area contributed by atoms with E-state index in [9.17, 15) is 0 Å². The van der Waals surface area contributed by atoms with Crippen LogP contribution in [0.25, 0.3) is 11.3 Å². The van der Waals surface area contributed by atoms with E-state index in [1.54, 1.807) is 0 Å². The average molecular weight is 209 g/mol. The van der Waals surface area contributed by atoms with E-state index in [1.165, 1.54) is 29.5 Å². The zero-order chi connectivity index (χ0) is 11.0. The van der Waals surface area contributed by atoms with Gasteiger partial charge in [-0.3, -0.25) is 4.98 Å². The summed E-state index contributed by atoms with van der Waals surface area (Å²) < 4.78 is 0. The molecular formula is C15H15N. The molecule has 1 heteroatoms. The molecule has 1 nitrogen and oxygen atoms in total. The van der Waals surface area contributed by atoms with Crippen molar-refractivity contribution in [1.29, 1.82) is 0 Å². The third-order valence-corrected chi connectivity index (χ3v) is 3.48. The second-order valence-electron chi connectivity index (χ2n) is 4.57. The largest absolute Gasteiger partial charge is 0.256 e. The fourth-order valence-corrected chi connectivity index (χ4v) is 2.52. The minimum atomic E-state index is 0.729. The van der Waals surface area contributed by atoms with Crippen molar-refractivity contribution in [3.63, 3.8) is 0 Å². The highest BCUT2D eigenvalue weighted by Crippen LogP contribution is 2.34. The molecule has 0 spiro atoms. The number of benzene rings is 1. The maximum absolute atomic E-state index is 4.39. The zero-order valence-electron chi connectivity index (χ0n) is 9.48. The zero-order valence-corrected chi connectivity index (χ0v) is 9.48. The van der Waals surface area contributed by atoms with Gasteiger partial charge in [0.15, 0.2) is 0 Å². The molecule has 1 aliphatic rings. The van der Waals surface area contributed by atoms with Gasteiger partial charge in [0, 0.05) is 11.8 Å². The molecule has 1 heterocycles. The molecule has 2 aromatic rings. The summed E-state index contributed by atoms with van der Waals surface area (Å²) in [6, 6.07) is 12.8. The SMILES string of the molecule is C[C@@H]1CCc2cc(-c3ccccn3)ccc21. The molecule has 0 unspecified atom stereocenters. The molecular weight excluding hydrogens is 194 g/mol. The van der Waals surface area contributed by atoms with E-state index in [0.29, 0.717) is 0 Å². The van der Waals surface area contributed by atoms with Crippen molar-refractivity contribution < 1.29 is 0 Å². The van der Waals surface area contributed by atoms with Gasteiger partial charge in [-0.05, 0) is 48.1 Å². The first-order valence-corrected chi connectivity index (χ1v) is 5.89. The van der Waals surface area contributed by atoms with E-state index in [0.717, 1.165) is 11.6 Å². The lowest BCUT2D eigenvalue weighted by molar-refractivity contribution is 0.747. The fraction of sp³-hybridized carbons (Fsp3) is 0.267. The number of aryl methyl sites for hydroxylation is 1. The second-order valence-corrected chi connectivity index (χ2v) is 4.57. The summed E-state index contributed by atoms with van der Waals surface area (Å²) in [5.74, 6) is 0.729. The predicted molar refractivity (Wildman–Crippen MR) is 66.4 cm³/mol. The number of aromatic nitrogens is 1. The first-order chi connectivity index (χ1) is 7.84. The van der Waals surface area contributed by atoms with Crippen molar-refractivity contribution in [2.75, 3.05) is 0 Å². The Kier molecular flexibility index (Phi) is 2.24. The van der Waals surface area contributed by atoms with E-state index >= 15 is 0 Å². The first kappa shape index (κ1) is 9.59. The van der Waals surface area contributed by atoms with Gasteiger partial charge >= 0.3 is 0 Å². The summed E-state index contributed by atoms with van der Waals surface area (Å²) >= 11 is 0. The van der Waals surface area contributed by atoms with Gasteiger partial charge in [-0.1, -0.05) is 25.1 Å². The molecule has 1 aromatic heterocycles. The normalized spacial score (nSPS) is 18.4. The summed E-state index contributed by atoms with van der Waals surface area (Å²) in [5, 5.41) is 0. The monoisotopic (exact) mass is 209 g/mol. The molecule has 0 amide bonds. The van der Waals surface area contributed by atoms with Gasteiger partial charge in [0.2, 0.25) is 0 Å². The molecule has 80 valence electrons. The number of pyridine rings is 1. The van der Waals surface area contributed by atoms with E-state index < -0.39 is 0 Å². The van der Waals surface area contributed by atoms with Crippen LogP contribution in [-0.4, -0.2) is 4.98 Å². The molecule has 0 saturated carbocycles. The van der Waals surface area contributed by atoms with Crippen LogP contribution >= 0.6 is 0 Å². The molecule has 0 saturated heterocycles. The van der Waals surface area contributed by atoms with Crippen LogP contribution in [0.15, 0.2) is 42.6 Å². The molecule has 0 radical (unpaired) electrons. The number of rotatable bonds is 1. The average Bonchev–Trinajstić information content (AvgIpc) is 2.72. The number of nitrogens with zero attached hydrogens (tertiary/aromatic N) is 1. The molecule has 0 fully saturated rings.